The van der Waals surface area contributed by atoms with Crippen LogP contribution in [0.5, 0.6) is 5.75 Å². The van der Waals surface area contributed by atoms with Gasteiger partial charge in [-0.2, -0.15) is 0 Å². The van der Waals surface area contributed by atoms with Gasteiger partial charge in [0, 0.05) is 11.4 Å². The van der Waals surface area contributed by atoms with E-state index in [9.17, 15) is 4.79 Å². The summed E-state index contributed by atoms with van der Waals surface area (Å²) >= 11 is 0. The van der Waals surface area contributed by atoms with Gasteiger partial charge in [0.1, 0.15) is 0 Å². The van der Waals surface area contributed by atoms with Gasteiger partial charge in [0.05, 0.1) is 6.20 Å². The van der Waals surface area contributed by atoms with E-state index < -0.39 is 6.09 Å². The monoisotopic (exact) mass is 228 g/mol. The molecule has 0 aliphatic carbocycles. The zero-order valence-corrected chi connectivity index (χ0v) is 9.38. The third kappa shape index (κ3) is 3.31. The lowest BCUT2D eigenvalue weighted by atomic mass is 10.3. The molecule has 0 saturated carbocycles. The van der Waals surface area contributed by atoms with Crippen molar-refractivity contribution in [3.8, 4) is 5.75 Å². The molecule has 0 aliphatic heterocycles. The van der Waals surface area contributed by atoms with E-state index in [1.165, 1.54) is 6.20 Å². The summed E-state index contributed by atoms with van der Waals surface area (Å²) in [5.74, 6) is 0.420. The van der Waals surface area contributed by atoms with Gasteiger partial charge < -0.3 is 4.74 Å². The molecule has 0 bridgehead atoms. The Bertz CT molecular complexity index is 495. The van der Waals surface area contributed by atoms with Crippen molar-refractivity contribution in [2.45, 2.75) is 6.92 Å². The van der Waals surface area contributed by atoms with Gasteiger partial charge in [-0.3, -0.25) is 10.3 Å². The zero-order valence-electron chi connectivity index (χ0n) is 9.38. The Morgan fingerprint density at radius 1 is 1.18 bits per heavy atom. The number of pyridine rings is 1. The number of nitrogens with one attached hydrogen (secondary N) is 1. The normalized spacial score (nSPS) is 9.71. The van der Waals surface area contributed by atoms with Crippen molar-refractivity contribution in [2.24, 2.45) is 0 Å². The number of nitrogens with zero attached hydrogens (tertiary/aromatic N) is 1. The maximum atomic E-state index is 11.5. The van der Waals surface area contributed by atoms with Crippen LogP contribution in [0.25, 0.3) is 0 Å². The average molecular weight is 228 g/mol. The molecule has 1 aromatic carbocycles. The molecule has 0 unspecified atom stereocenters. The molecule has 1 amide bonds. The third-order valence-corrected chi connectivity index (χ3v) is 2.11. The molecule has 2 aromatic rings. The predicted octanol–water partition coefficient (Wildman–Crippen LogP) is 3.00. The molecule has 0 aliphatic rings. The highest BCUT2D eigenvalue weighted by Crippen LogP contribution is 2.11. The molecule has 2 rings (SSSR count). The van der Waals surface area contributed by atoms with Gasteiger partial charge in [0.15, 0.2) is 5.75 Å². The molecule has 0 atom stereocenters. The van der Waals surface area contributed by atoms with Crippen LogP contribution in [0.2, 0.25) is 0 Å². The second-order valence-corrected chi connectivity index (χ2v) is 3.52. The number of hydrogen-bond donors (Lipinski definition) is 1. The molecule has 0 saturated heterocycles. The minimum Gasteiger partial charge on any atom is -0.408 e. The summed E-state index contributed by atoms with van der Waals surface area (Å²) < 4.78 is 5.06. The molecule has 17 heavy (non-hydrogen) atoms. The van der Waals surface area contributed by atoms with E-state index >= 15 is 0 Å². The van der Waals surface area contributed by atoms with Gasteiger partial charge in [0.25, 0.3) is 0 Å². The first-order chi connectivity index (χ1) is 8.24. The predicted molar refractivity (Wildman–Crippen MR) is 65.1 cm³/mol. The van der Waals surface area contributed by atoms with Crippen molar-refractivity contribution < 1.29 is 9.53 Å². The van der Waals surface area contributed by atoms with E-state index in [1.807, 2.05) is 25.1 Å². The SMILES string of the molecule is Cc1ccc(OC(=O)Nc2ccccc2)cn1. The fourth-order valence-electron chi connectivity index (χ4n) is 1.29. The molecule has 4 heteroatoms. The van der Waals surface area contributed by atoms with Crippen molar-refractivity contribution in [1.29, 1.82) is 0 Å². The maximum absolute atomic E-state index is 11.5. The Labute approximate surface area is 99.3 Å². The van der Waals surface area contributed by atoms with E-state index in [2.05, 4.69) is 10.3 Å². The van der Waals surface area contributed by atoms with Crippen molar-refractivity contribution in [1.82, 2.24) is 4.98 Å². The quantitative estimate of drug-likeness (QED) is 0.859. The lowest BCUT2D eigenvalue weighted by Crippen LogP contribution is -2.16. The number of rotatable bonds is 2. The number of carbonyl (C=O) groups excluding carboxylic acids is 1. The lowest BCUT2D eigenvalue weighted by molar-refractivity contribution is 0.215. The van der Waals surface area contributed by atoms with Gasteiger partial charge in [-0.1, -0.05) is 18.2 Å². The largest absolute Gasteiger partial charge is 0.417 e. The van der Waals surface area contributed by atoms with Crippen molar-refractivity contribution in [3.63, 3.8) is 0 Å². The number of hydrogen-bond acceptors (Lipinski definition) is 3. The van der Waals surface area contributed by atoms with Crippen LogP contribution in [0.1, 0.15) is 5.69 Å². The van der Waals surface area contributed by atoms with Gasteiger partial charge in [-0.15, -0.1) is 0 Å². The van der Waals surface area contributed by atoms with Crippen LogP contribution in [0, 0.1) is 6.92 Å². The Kier molecular flexibility index (Phi) is 3.35. The Hall–Kier alpha value is -2.36. The van der Waals surface area contributed by atoms with Crippen LogP contribution in [0.3, 0.4) is 0 Å². The second kappa shape index (κ2) is 5.12. The zero-order chi connectivity index (χ0) is 12.1. The maximum Gasteiger partial charge on any atom is 0.417 e. The molecule has 1 N–H and O–H groups in total. The summed E-state index contributed by atoms with van der Waals surface area (Å²) in [5, 5.41) is 2.62. The lowest BCUT2D eigenvalue weighted by Gasteiger charge is -2.05. The summed E-state index contributed by atoms with van der Waals surface area (Å²) in [6, 6.07) is 12.6. The van der Waals surface area contributed by atoms with E-state index in [-0.39, 0.29) is 0 Å². The molecular weight excluding hydrogens is 216 g/mol. The smallest absolute Gasteiger partial charge is 0.408 e. The topological polar surface area (TPSA) is 51.2 Å². The number of amides is 1. The molecule has 0 fully saturated rings. The average Bonchev–Trinajstić information content (AvgIpc) is 2.33. The van der Waals surface area contributed by atoms with Gasteiger partial charge in [-0.05, 0) is 31.2 Å². The third-order valence-electron chi connectivity index (χ3n) is 2.11. The van der Waals surface area contributed by atoms with Crippen molar-refractivity contribution in [2.75, 3.05) is 5.32 Å². The molecule has 0 spiro atoms. The van der Waals surface area contributed by atoms with Crippen LogP contribution in [-0.2, 0) is 0 Å². The van der Waals surface area contributed by atoms with Crippen LogP contribution < -0.4 is 10.1 Å². The summed E-state index contributed by atoms with van der Waals surface area (Å²) in [4.78, 5) is 15.5. The number of benzene rings is 1. The van der Waals surface area contributed by atoms with Gasteiger partial charge >= 0.3 is 6.09 Å². The number of carbonyl (C=O) groups is 1. The first-order valence-electron chi connectivity index (χ1n) is 5.20. The van der Waals surface area contributed by atoms with Gasteiger partial charge in [0.2, 0.25) is 0 Å². The number of para-hydroxylation sites is 1. The highest BCUT2D eigenvalue weighted by atomic mass is 16.6. The fourth-order valence-corrected chi connectivity index (χ4v) is 1.29. The number of aryl methyl sites for hydroxylation is 1. The number of ether oxygens (including phenoxy) is 1. The minimum absolute atomic E-state index is 0.420. The standard InChI is InChI=1S/C13H12N2O2/c1-10-7-8-12(9-14-10)17-13(16)15-11-5-3-2-4-6-11/h2-9H,1H3,(H,15,16). The van der Waals surface area contributed by atoms with Gasteiger partial charge in [-0.25, -0.2) is 4.79 Å². The summed E-state index contributed by atoms with van der Waals surface area (Å²) in [7, 11) is 0. The molecule has 0 radical (unpaired) electrons. The molecule has 4 nitrogen and oxygen atoms in total. The first-order valence-corrected chi connectivity index (χ1v) is 5.20. The van der Waals surface area contributed by atoms with E-state index in [4.69, 9.17) is 4.74 Å². The Balaban J connectivity index is 1.96. The highest BCUT2D eigenvalue weighted by molar-refractivity contribution is 5.86. The van der Waals surface area contributed by atoms with Crippen LogP contribution in [0.15, 0.2) is 48.7 Å². The van der Waals surface area contributed by atoms with Crippen molar-refractivity contribution >= 4 is 11.8 Å². The second-order valence-electron chi connectivity index (χ2n) is 3.52. The van der Waals surface area contributed by atoms with Crippen molar-refractivity contribution in [3.05, 3.63) is 54.4 Å². The molecular formula is C13H12N2O2. The van der Waals surface area contributed by atoms with Crippen LogP contribution >= 0.6 is 0 Å². The van der Waals surface area contributed by atoms with E-state index in [0.29, 0.717) is 11.4 Å². The first kappa shape index (κ1) is 11.1. The van der Waals surface area contributed by atoms with Crippen LogP contribution in [-0.4, -0.2) is 11.1 Å². The molecule has 1 aromatic heterocycles. The molecule has 1 heterocycles. The molecule has 86 valence electrons. The van der Waals surface area contributed by atoms with E-state index in [1.54, 1.807) is 24.3 Å². The summed E-state index contributed by atoms with van der Waals surface area (Å²) in [6.07, 6.45) is 0.988. The van der Waals surface area contributed by atoms with E-state index in [0.717, 1.165) is 5.69 Å². The highest BCUT2D eigenvalue weighted by Gasteiger charge is 2.04. The minimum atomic E-state index is -0.526. The Morgan fingerprint density at radius 3 is 2.59 bits per heavy atom. The van der Waals surface area contributed by atoms with Crippen LogP contribution in [0.4, 0.5) is 10.5 Å². The summed E-state index contributed by atoms with van der Waals surface area (Å²) in [5.41, 5.74) is 1.57. The summed E-state index contributed by atoms with van der Waals surface area (Å²) in [6.45, 7) is 1.87. The Morgan fingerprint density at radius 2 is 1.94 bits per heavy atom. The number of aromatic nitrogens is 1. The fraction of sp³-hybridized carbons (Fsp3) is 0.0769. The number of anilines is 1.